The number of hydrogen-bond donors (Lipinski definition) is 1. The van der Waals surface area contributed by atoms with Gasteiger partial charge < -0.3 is 33.7 Å². The second-order valence-electron chi connectivity index (χ2n) is 14.1. The normalized spacial score (nSPS) is 23.4. The van der Waals surface area contributed by atoms with E-state index in [9.17, 15) is 33.5 Å². The average Bonchev–Trinajstić information content (AvgIpc) is 3.18. The maximum atomic E-state index is 13.6. The van der Waals surface area contributed by atoms with E-state index in [0.29, 0.717) is 24.0 Å². The minimum Gasteiger partial charge on any atom is -0.463 e. The van der Waals surface area contributed by atoms with Gasteiger partial charge in [0, 0.05) is 33.4 Å². The number of carbonyl (C=O) groups excluding carboxylic acids is 5. The Morgan fingerprint density at radius 1 is 0.719 bits per heavy atom. The summed E-state index contributed by atoms with van der Waals surface area (Å²) in [4.78, 5) is 64.1. The van der Waals surface area contributed by atoms with Crippen LogP contribution in [0.25, 0.3) is 11.1 Å². The lowest BCUT2D eigenvalue weighted by Crippen LogP contribution is -2.59. The Labute approximate surface area is 329 Å². The summed E-state index contributed by atoms with van der Waals surface area (Å²) in [5.41, 5.74) is 4.33. The first-order valence-corrected chi connectivity index (χ1v) is 18.6. The third-order valence-corrected chi connectivity index (χ3v) is 10.0. The molecular formula is C44H44FNO11. The molecule has 0 aliphatic carbocycles. The van der Waals surface area contributed by atoms with Crippen molar-refractivity contribution in [3.05, 3.63) is 126 Å². The van der Waals surface area contributed by atoms with Crippen molar-refractivity contribution in [2.24, 2.45) is 5.92 Å². The summed E-state index contributed by atoms with van der Waals surface area (Å²) >= 11 is 0. The lowest BCUT2D eigenvalue weighted by molar-refractivity contribution is -0.254. The number of anilines is 1. The highest BCUT2D eigenvalue weighted by Gasteiger charge is 2.53. The number of ether oxygens (including phenoxy) is 5. The number of benzene rings is 4. The maximum absolute atomic E-state index is 13.6. The van der Waals surface area contributed by atoms with Crippen molar-refractivity contribution in [3.63, 3.8) is 0 Å². The SMILES string of the molecule is CC(=O)OC[C@H]1O[C@@H](c2cccc(-c3ccc([C@@H]4[C@@H](CC[C@H](O)c5ccc(F)cc5)C(=O)N4c4ccccc4)cc3)c2)[C@H](OC(C)=O)[C@@H](OC(C)=O)[C@@H]1OC(C)=O. The van der Waals surface area contributed by atoms with E-state index in [1.165, 1.54) is 32.9 Å². The summed E-state index contributed by atoms with van der Waals surface area (Å²) < 4.78 is 41.9. The van der Waals surface area contributed by atoms with E-state index in [1.807, 2.05) is 66.7 Å². The third kappa shape index (κ3) is 9.55. The number of hydrogen-bond acceptors (Lipinski definition) is 11. The Bertz CT molecular complexity index is 2070. The molecule has 0 saturated carbocycles. The fourth-order valence-electron chi connectivity index (χ4n) is 7.54. The second-order valence-corrected chi connectivity index (χ2v) is 14.1. The summed E-state index contributed by atoms with van der Waals surface area (Å²) in [6, 6.07) is 29.8. The van der Waals surface area contributed by atoms with Crippen LogP contribution >= 0.6 is 0 Å². The predicted molar refractivity (Wildman–Crippen MR) is 204 cm³/mol. The molecule has 2 aliphatic heterocycles. The van der Waals surface area contributed by atoms with Gasteiger partial charge >= 0.3 is 23.9 Å². The Hall–Kier alpha value is -5.92. The van der Waals surface area contributed by atoms with Crippen LogP contribution in [0.4, 0.5) is 10.1 Å². The van der Waals surface area contributed by atoms with Gasteiger partial charge in [-0.15, -0.1) is 0 Å². The van der Waals surface area contributed by atoms with Crippen molar-refractivity contribution in [2.75, 3.05) is 11.5 Å². The van der Waals surface area contributed by atoms with E-state index >= 15 is 0 Å². The molecule has 0 unspecified atom stereocenters. The van der Waals surface area contributed by atoms with E-state index in [4.69, 9.17) is 23.7 Å². The minimum absolute atomic E-state index is 0.0564. The summed E-state index contributed by atoms with van der Waals surface area (Å²) in [7, 11) is 0. The molecule has 2 heterocycles. The molecule has 12 nitrogen and oxygen atoms in total. The van der Waals surface area contributed by atoms with E-state index in [0.717, 1.165) is 29.3 Å². The Morgan fingerprint density at radius 2 is 1.35 bits per heavy atom. The number of esters is 4. The molecule has 2 fully saturated rings. The van der Waals surface area contributed by atoms with Crippen molar-refractivity contribution in [3.8, 4) is 11.1 Å². The van der Waals surface area contributed by atoms with Crippen LogP contribution in [0.3, 0.4) is 0 Å². The minimum atomic E-state index is -1.31. The van der Waals surface area contributed by atoms with Crippen LogP contribution < -0.4 is 4.90 Å². The molecule has 1 N–H and O–H groups in total. The van der Waals surface area contributed by atoms with E-state index in [2.05, 4.69) is 0 Å². The smallest absolute Gasteiger partial charge is 0.303 e. The lowest BCUT2D eigenvalue weighted by atomic mass is 9.78. The number of aliphatic hydroxyl groups excluding tert-OH is 1. The highest BCUT2D eigenvalue weighted by molar-refractivity contribution is 6.03. The molecule has 298 valence electrons. The van der Waals surface area contributed by atoms with E-state index in [-0.39, 0.29) is 18.6 Å². The Balaban J connectivity index is 1.29. The van der Waals surface area contributed by atoms with Crippen LogP contribution in [-0.2, 0) is 47.7 Å². The Morgan fingerprint density at radius 3 is 1.98 bits per heavy atom. The topological polar surface area (TPSA) is 155 Å². The third-order valence-electron chi connectivity index (χ3n) is 10.0. The van der Waals surface area contributed by atoms with Crippen molar-refractivity contribution < 1.29 is 57.2 Å². The number of β-lactam (4-membered cyclic amide) rings is 1. The fraction of sp³-hybridized carbons (Fsp3) is 0.341. The predicted octanol–water partition coefficient (Wildman–Crippen LogP) is 6.51. The van der Waals surface area contributed by atoms with Crippen LogP contribution in [0.2, 0.25) is 0 Å². The number of amides is 1. The Kier molecular flexibility index (Phi) is 12.8. The average molecular weight is 782 g/mol. The number of aliphatic hydroxyl groups is 1. The standard InChI is InChI=1S/C44H44FNO11/c1-25(47)53-24-38-41(54-26(2)48)43(56-28(4)50)42(55-27(3)49)40(57-38)33-10-8-9-32(23-33)29-13-15-31(16-14-29)39-36(44(52)46(39)35-11-6-5-7-12-35)21-22-37(51)30-17-19-34(45)20-18-30/h5-20,23,36-43,51H,21-22,24H2,1-4H3/t36-,37+,38-,39-,40+,41-,42+,43+/m1/s1. The van der Waals surface area contributed by atoms with E-state index in [1.54, 1.807) is 29.2 Å². The van der Waals surface area contributed by atoms with Crippen LogP contribution in [0.15, 0.2) is 103 Å². The molecule has 2 saturated heterocycles. The molecule has 0 bridgehead atoms. The van der Waals surface area contributed by atoms with Gasteiger partial charge in [-0.25, -0.2) is 4.39 Å². The van der Waals surface area contributed by atoms with Gasteiger partial charge in [0.2, 0.25) is 5.91 Å². The molecule has 57 heavy (non-hydrogen) atoms. The zero-order chi connectivity index (χ0) is 40.8. The van der Waals surface area contributed by atoms with Gasteiger partial charge in [0.15, 0.2) is 18.3 Å². The molecule has 13 heteroatoms. The number of rotatable bonds is 13. The van der Waals surface area contributed by atoms with Gasteiger partial charge in [-0.1, -0.05) is 72.8 Å². The largest absolute Gasteiger partial charge is 0.463 e. The summed E-state index contributed by atoms with van der Waals surface area (Å²) in [6.07, 6.45) is -6.11. The molecular weight excluding hydrogens is 737 g/mol. The van der Waals surface area contributed by atoms with Crippen LogP contribution in [0.1, 0.15) is 75.5 Å². The number of carbonyl (C=O) groups is 5. The van der Waals surface area contributed by atoms with Crippen LogP contribution in [-0.4, -0.2) is 65.9 Å². The number of nitrogens with zero attached hydrogens (tertiary/aromatic N) is 1. The molecule has 4 aromatic carbocycles. The number of halogens is 1. The van der Waals surface area contributed by atoms with Crippen LogP contribution in [0.5, 0.6) is 0 Å². The van der Waals surface area contributed by atoms with Gasteiger partial charge in [-0.05, 0) is 71.0 Å². The summed E-state index contributed by atoms with van der Waals surface area (Å²) in [5, 5.41) is 10.9. The molecule has 8 atom stereocenters. The molecule has 0 spiro atoms. The first-order valence-electron chi connectivity index (χ1n) is 18.6. The van der Waals surface area contributed by atoms with E-state index < -0.39 is 72.2 Å². The molecule has 6 rings (SSSR count). The maximum Gasteiger partial charge on any atom is 0.303 e. The van der Waals surface area contributed by atoms with Gasteiger partial charge in [-0.2, -0.15) is 0 Å². The first kappa shape index (κ1) is 40.7. The summed E-state index contributed by atoms with van der Waals surface area (Å²) in [5.74, 6) is -3.60. The zero-order valence-corrected chi connectivity index (χ0v) is 31.9. The van der Waals surface area contributed by atoms with Gasteiger partial charge in [0.25, 0.3) is 0 Å². The zero-order valence-electron chi connectivity index (χ0n) is 31.9. The highest BCUT2D eigenvalue weighted by atomic mass is 19.1. The monoisotopic (exact) mass is 781 g/mol. The van der Waals surface area contributed by atoms with Gasteiger partial charge in [0.05, 0.1) is 18.1 Å². The molecule has 2 aliphatic rings. The molecule has 0 aromatic heterocycles. The van der Waals surface area contributed by atoms with Crippen molar-refractivity contribution in [2.45, 2.75) is 83.2 Å². The fourth-order valence-corrected chi connectivity index (χ4v) is 7.54. The molecule has 1 amide bonds. The van der Waals surface area contributed by atoms with Gasteiger partial charge in [-0.3, -0.25) is 24.0 Å². The highest BCUT2D eigenvalue weighted by Crippen LogP contribution is 2.47. The van der Waals surface area contributed by atoms with Crippen molar-refractivity contribution in [1.82, 2.24) is 0 Å². The summed E-state index contributed by atoms with van der Waals surface area (Å²) in [6.45, 7) is 4.40. The molecule has 4 aromatic rings. The van der Waals surface area contributed by atoms with Crippen molar-refractivity contribution in [1.29, 1.82) is 0 Å². The quantitative estimate of drug-likeness (QED) is 0.0897. The molecule has 0 radical (unpaired) electrons. The van der Waals surface area contributed by atoms with Gasteiger partial charge in [0.1, 0.15) is 24.6 Å². The van der Waals surface area contributed by atoms with Crippen LogP contribution in [0, 0.1) is 11.7 Å². The second kappa shape index (κ2) is 17.9. The lowest BCUT2D eigenvalue weighted by Gasteiger charge is -2.48. The number of para-hydroxylation sites is 1. The first-order chi connectivity index (χ1) is 27.3. The van der Waals surface area contributed by atoms with Crippen molar-refractivity contribution >= 4 is 35.5 Å².